The highest BCUT2D eigenvalue weighted by Gasteiger charge is 2.05. The Morgan fingerprint density at radius 3 is 2.35 bits per heavy atom. The van der Waals surface area contributed by atoms with Crippen molar-refractivity contribution in [3.63, 3.8) is 0 Å². The molecule has 0 bridgehead atoms. The van der Waals surface area contributed by atoms with Gasteiger partial charge in [-0.15, -0.1) is 0 Å². The fraction of sp³-hybridized carbons (Fsp3) is 0.222. The van der Waals surface area contributed by atoms with Gasteiger partial charge in [-0.1, -0.05) is 29.4 Å². The fourth-order valence-electron chi connectivity index (χ4n) is 2.03. The Hall–Kier alpha value is -2.82. The summed E-state index contributed by atoms with van der Waals surface area (Å²) in [5.41, 5.74) is 3.69. The third kappa shape index (κ3) is 4.85. The Labute approximate surface area is 136 Å². The number of carbonyl (C=O) groups is 1. The van der Waals surface area contributed by atoms with Crippen molar-refractivity contribution >= 4 is 17.8 Å². The maximum absolute atomic E-state index is 12.1. The fourth-order valence-corrected chi connectivity index (χ4v) is 2.03. The van der Waals surface area contributed by atoms with Gasteiger partial charge in [-0.25, -0.2) is 0 Å². The number of benzene rings is 2. The summed E-state index contributed by atoms with van der Waals surface area (Å²) in [5.74, 6) is -0.100. The van der Waals surface area contributed by atoms with Crippen molar-refractivity contribution in [3.8, 4) is 0 Å². The van der Waals surface area contributed by atoms with Gasteiger partial charge in [0.1, 0.15) is 7.11 Å². The number of hydrogen-bond donors (Lipinski definition) is 1. The van der Waals surface area contributed by atoms with Crippen LogP contribution in [0.4, 0.5) is 5.69 Å². The van der Waals surface area contributed by atoms with E-state index in [2.05, 4.69) is 15.3 Å². The van der Waals surface area contributed by atoms with E-state index >= 15 is 0 Å². The normalized spacial score (nSPS) is 10.6. The first kappa shape index (κ1) is 16.5. The standard InChI is InChI=1S/C18H21N3O2/c1-21(2)17-10-6-14(7-11-17)12-19-18(22)16-8-4-15(5-9-16)13-20-23-3/h4-11,13H,12H2,1-3H3,(H,19,22)/b20-13+. The van der Waals surface area contributed by atoms with Crippen LogP contribution >= 0.6 is 0 Å². The first-order valence-corrected chi connectivity index (χ1v) is 7.31. The van der Waals surface area contributed by atoms with E-state index in [4.69, 9.17) is 0 Å². The molecule has 0 spiro atoms. The van der Waals surface area contributed by atoms with E-state index < -0.39 is 0 Å². The number of rotatable bonds is 6. The van der Waals surface area contributed by atoms with Crippen LogP contribution in [0.15, 0.2) is 53.7 Å². The highest BCUT2D eigenvalue weighted by atomic mass is 16.6. The molecule has 2 aromatic rings. The lowest BCUT2D eigenvalue weighted by Gasteiger charge is -2.13. The Morgan fingerprint density at radius 2 is 1.78 bits per heavy atom. The van der Waals surface area contributed by atoms with E-state index in [1.807, 2.05) is 55.4 Å². The molecule has 5 nitrogen and oxygen atoms in total. The molecule has 5 heteroatoms. The summed E-state index contributed by atoms with van der Waals surface area (Å²) in [6.45, 7) is 0.499. The maximum atomic E-state index is 12.1. The van der Waals surface area contributed by atoms with E-state index in [0.29, 0.717) is 12.1 Å². The van der Waals surface area contributed by atoms with Crippen LogP contribution in [0.25, 0.3) is 0 Å². The lowest BCUT2D eigenvalue weighted by molar-refractivity contribution is 0.0951. The van der Waals surface area contributed by atoms with Crippen molar-refractivity contribution in [2.24, 2.45) is 5.16 Å². The quantitative estimate of drug-likeness (QED) is 0.659. The molecule has 0 heterocycles. The Kier molecular flexibility index (Phi) is 5.74. The van der Waals surface area contributed by atoms with Crippen molar-refractivity contribution < 1.29 is 9.63 Å². The van der Waals surface area contributed by atoms with Crippen LogP contribution in [0.2, 0.25) is 0 Å². The number of anilines is 1. The lowest BCUT2D eigenvalue weighted by atomic mass is 10.1. The van der Waals surface area contributed by atoms with Crippen LogP contribution in [-0.4, -0.2) is 33.3 Å². The van der Waals surface area contributed by atoms with E-state index in [0.717, 1.165) is 16.8 Å². The average molecular weight is 311 g/mol. The van der Waals surface area contributed by atoms with Crippen LogP contribution < -0.4 is 10.2 Å². The highest BCUT2D eigenvalue weighted by Crippen LogP contribution is 2.12. The van der Waals surface area contributed by atoms with Crippen LogP contribution in [0.1, 0.15) is 21.5 Å². The molecule has 1 N–H and O–H groups in total. The summed E-state index contributed by atoms with van der Waals surface area (Å²) in [5, 5.41) is 6.60. The molecule has 0 radical (unpaired) electrons. The van der Waals surface area contributed by atoms with Gasteiger partial charge in [0.05, 0.1) is 6.21 Å². The second-order valence-corrected chi connectivity index (χ2v) is 5.28. The second-order valence-electron chi connectivity index (χ2n) is 5.28. The van der Waals surface area contributed by atoms with Gasteiger partial charge in [-0.2, -0.15) is 0 Å². The van der Waals surface area contributed by atoms with Gasteiger partial charge in [0.2, 0.25) is 0 Å². The first-order chi connectivity index (χ1) is 11.1. The van der Waals surface area contributed by atoms with Crippen molar-refractivity contribution in [3.05, 3.63) is 65.2 Å². The predicted molar refractivity (Wildman–Crippen MR) is 93.0 cm³/mol. The van der Waals surface area contributed by atoms with Crippen LogP contribution in [0.5, 0.6) is 0 Å². The topological polar surface area (TPSA) is 53.9 Å². The molecule has 0 aliphatic heterocycles. The zero-order valence-corrected chi connectivity index (χ0v) is 13.6. The van der Waals surface area contributed by atoms with E-state index in [-0.39, 0.29) is 5.91 Å². The minimum absolute atomic E-state index is 0.100. The predicted octanol–water partition coefficient (Wildman–Crippen LogP) is 2.66. The van der Waals surface area contributed by atoms with E-state index in [9.17, 15) is 4.79 Å². The molecule has 23 heavy (non-hydrogen) atoms. The summed E-state index contributed by atoms with van der Waals surface area (Å²) < 4.78 is 0. The molecule has 2 rings (SSSR count). The van der Waals surface area contributed by atoms with Crippen LogP contribution in [0, 0.1) is 0 Å². The molecule has 0 unspecified atom stereocenters. The molecular weight excluding hydrogens is 290 g/mol. The SMILES string of the molecule is CO/N=C/c1ccc(C(=O)NCc2ccc(N(C)C)cc2)cc1. The minimum atomic E-state index is -0.100. The summed E-state index contributed by atoms with van der Waals surface area (Å²) >= 11 is 0. The molecule has 0 saturated heterocycles. The summed E-state index contributed by atoms with van der Waals surface area (Å²) in [7, 11) is 5.49. The molecule has 0 fully saturated rings. The van der Waals surface area contributed by atoms with Crippen LogP contribution in [0.3, 0.4) is 0 Å². The maximum Gasteiger partial charge on any atom is 0.251 e. The molecule has 1 amide bonds. The number of nitrogens with one attached hydrogen (secondary N) is 1. The van der Waals surface area contributed by atoms with Gasteiger partial charge in [0.25, 0.3) is 5.91 Å². The zero-order valence-electron chi connectivity index (χ0n) is 13.6. The van der Waals surface area contributed by atoms with Crippen molar-refractivity contribution in [2.75, 3.05) is 26.1 Å². The number of nitrogens with zero attached hydrogens (tertiary/aromatic N) is 2. The van der Waals surface area contributed by atoms with Crippen LogP contribution in [-0.2, 0) is 11.4 Å². The Balaban J connectivity index is 1.92. The van der Waals surface area contributed by atoms with E-state index in [1.54, 1.807) is 18.3 Å². The van der Waals surface area contributed by atoms with E-state index in [1.165, 1.54) is 7.11 Å². The van der Waals surface area contributed by atoms with Gasteiger partial charge in [-0.3, -0.25) is 4.79 Å². The number of hydrogen-bond acceptors (Lipinski definition) is 4. The number of amides is 1. The lowest BCUT2D eigenvalue weighted by Crippen LogP contribution is -2.22. The number of carbonyl (C=O) groups excluding carboxylic acids is 1. The van der Waals surface area contributed by atoms with Crippen molar-refractivity contribution in [2.45, 2.75) is 6.54 Å². The molecule has 120 valence electrons. The third-order valence-electron chi connectivity index (χ3n) is 3.39. The van der Waals surface area contributed by atoms with Gasteiger partial charge in [0, 0.05) is 31.9 Å². The summed E-state index contributed by atoms with van der Waals surface area (Å²) in [6, 6.07) is 15.3. The molecule has 0 aliphatic rings. The van der Waals surface area contributed by atoms with Crippen molar-refractivity contribution in [1.29, 1.82) is 0 Å². The highest BCUT2D eigenvalue weighted by molar-refractivity contribution is 5.94. The Bertz CT molecular complexity index is 662. The number of oxime groups is 1. The zero-order chi connectivity index (χ0) is 16.7. The molecule has 0 aromatic heterocycles. The van der Waals surface area contributed by atoms with Gasteiger partial charge < -0.3 is 15.1 Å². The molecule has 0 aliphatic carbocycles. The van der Waals surface area contributed by atoms with Gasteiger partial charge >= 0.3 is 0 Å². The molecule has 0 atom stereocenters. The summed E-state index contributed by atoms with van der Waals surface area (Å²) in [4.78, 5) is 18.8. The molecule has 0 saturated carbocycles. The van der Waals surface area contributed by atoms with Gasteiger partial charge in [0.15, 0.2) is 0 Å². The van der Waals surface area contributed by atoms with Crippen molar-refractivity contribution in [1.82, 2.24) is 5.32 Å². The largest absolute Gasteiger partial charge is 0.399 e. The average Bonchev–Trinajstić information content (AvgIpc) is 2.58. The molecular formula is C18H21N3O2. The Morgan fingerprint density at radius 1 is 1.13 bits per heavy atom. The second kappa shape index (κ2) is 7.98. The monoisotopic (exact) mass is 311 g/mol. The van der Waals surface area contributed by atoms with Gasteiger partial charge in [-0.05, 0) is 35.4 Å². The third-order valence-corrected chi connectivity index (χ3v) is 3.39. The minimum Gasteiger partial charge on any atom is -0.399 e. The molecule has 2 aromatic carbocycles. The first-order valence-electron chi connectivity index (χ1n) is 7.31. The summed E-state index contributed by atoms with van der Waals surface area (Å²) in [6.07, 6.45) is 1.59. The smallest absolute Gasteiger partial charge is 0.251 e.